The maximum absolute atomic E-state index is 12.9. The molecule has 0 saturated carbocycles. The van der Waals surface area contributed by atoms with Gasteiger partial charge in [-0.3, -0.25) is 9.69 Å². The van der Waals surface area contributed by atoms with Gasteiger partial charge in [0.1, 0.15) is 0 Å². The van der Waals surface area contributed by atoms with E-state index in [2.05, 4.69) is 17.0 Å². The lowest BCUT2D eigenvalue weighted by Crippen LogP contribution is -2.47. The Bertz CT molecular complexity index is 872. The molecule has 2 aromatic rings. The number of piperidine rings is 1. The molecule has 1 saturated heterocycles. The number of anilines is 1. The van der Waals surface area contributed by atoms with E-state index in [9.17, 15) is 18.0 Å². The fourth-order valence-corrected chi connectivity index (χ4v) is 3.93. The highest BCUT2D eigenvalue weighted by atomic mass is 19.4. The maximum atomic E-state index is 12.9. The van der Waals surface area contributed by atoms with Gasteiger partial charge in [-0.25, -0.2) is 4.79 Å². The number of aliphatic carboxylic acids is 1. The SMILES string of the molecule is CN1C(=O)C2(CCN(Cc3ccoc3)CC2)c2ccccc21.O=C(O)C(F)(F)F. The molecule has 0 atom stereocenters. The van der Waals surface area contributed by atoms with Crippen LogP contribution in [0.15, 0.2) is 47.3 Å². The highest BCUT2D eigenvalue weighted by Gasteiger charge is 2.50. The largest absolute Gasteiger partial charge is 0.490 e. The average molecular weight is 410 g/mol. The van der Waals surface area contributed by atoms with E-state index in [-0.39, 0.29) is 11.3 Å². The van der Waals surface area contributed by atoms with Crippen LogP contribution in [-0.4, -0.2) is 48.2 Å². The number of benzene rings is 1. The number of likely N-dealkylation sites (N-methyl/N-ethyl adjacent to an activating group) is 1. The minimum absolute atomic E-state index is 0.261. The number of rotatable bonds is 2. The number of halogens is 3. The highest BCUT2D eigenvalue weighted by Crippen LogP contribution is 2.47. The lowest BCUT2D eigenvalue weighted by Gasteiger charge is -2.38. The standard InChI is InChI=1S/C18H20N2O2.C2HF3O2/c1-19-16-5-3-2-4-15(16)18(17(19)21)7-9-20(10-8-18)12-14-6-11-22-13-14;3-2(4,5)1(6)7/h2-6,11,13H,7-10,12H2,1H3;(H,6,7). The number of fused-ring (bicyclic) bond motifs is 2. The lowest BCUT2D eigenvalue weighted by atomic mass is 9.73. The maximum Gasteiger partial charge on any atom is 0.490 e. The Hall–Kier alpha value is -2.81. The van der Waals surface area contributed by atoms with Crippen LogP contribution < -0.4 is 4.90 Å². The van der Waals surface area contributed by atoms with Crippen molar-refractivity contribution in [3.8, 4) is 0 Å². The second-order valence-corrected chi connectivity index (χ2v) is 7.17. The second-order valence-electron chi connectivity index (χ2n) is 7.17. The summed E-state index contributed by atoms with van der Waals surface area (Å²) in [4.78, 5) is 26.0. The molecule has 1 N–H and O–H groups in total. The van der Waals surface area contributed by atoms with Crippen molar-refractivity contribution >= 4 is 17.6 Å². The molecule has 156 valence electrons. The zero-order valence-electron chi connectivity index (χ0n) is 15.8. The molecule has 1 aromatic heterocycles. The lowest BCUT2D eigenvalue weighted by molar-refractivity contribution is -0.192. The van der Waals surface area contributed by atoms with Gasteiger partial charge in [-0.2, -0.15) is 13.2 Å². The van der Waals surface area contributed by atoms with E-state index in [0.717, 1.165) is 38.2 Å². The van der Waals surface area contributed by atoms with Crippen molar-refractivity contribution in [1.29, 1.82) is 0 Å². The summed E-state index contributed by atoms with van der Waals surface area (Å²) in [5.74, 6) is -2.50. The van der Waals surface area contributed by atoms with Gasteiger partial charge in [0.25, 0.3) is 0 Å². The van der Waals surface area contributed by atoms with Gasteiger partial charge in [0.15, 0.2) is 0 Å². The minimum Gasteiger partial charge on any atom is -0.475 e. The Morgan fingerprint density at radius 2 is 1.83 bits per heavy atom. The summed E-state index contributed by atoms with van der Waals surface area (Å²) < 4.78 is 36.9. The van der Waals surface area contributed by atoms with Crippen LogP contribution in [0.3, 0.4) is 0 Å². The number of hydrogen-bond acceptors (Lipinski definition) is 4. The van der Waals surface area contributed by atoms with Crippen molar-refractivity contribution in [2.24, 2.45) is 0 Å². The third-order valence-electron chi connectivity index (χ3n) is 5.43. The number of carboxylic acids is 1. The van der Waals surface area contributed by atoms with Crippen molar-refractivity contribution in [3.05, 3.63) is 54.0 Å². The molecule has 1 aromatic carbocycles. The number of alkyl halides is 3. The number of furan rings is 1. The normalized spacial score (nSPS) is 18.3. The summed E-state index contributed by atoms with van der Waals surface area (Å²) in [5.41, 5.74) is 3.19. The summed E-state index contributed by atoms with van der Waals surface area (Å²) in [6.07, 6.45) is 0.219. The van der Waals surface area contributed by atoms with Crippen LogP contribution in [0.25, 0.3) is 0 Å². The number of para-hydroxylation sites is 1. The van der Waals surface area contributed by atoms with Gasteiger partial charge < -0.3 is 14.4 Å². The number of carboxylic acid groups (broad SMARTS) is 1. The van der Waals surface area contributed by atoms with Crippen molar-refractivity contribution < 1.29 is 32.3 Å². The Balaban J connectivity index is 0.000000298. The van der Waals surface area contributed by atoms with E-state index in [0.29, 0.717) is 0 Å². The van der Waals surface area contributed by atoms with Crippen LogP contribution >= 0.6 is 0 Å². The number of nitrogens with zero attached hydrogens (tertiary/aromatic N) is 2. The highest BCUT2D eigenvalue weighted by molar-refractivity contribution is 6.07. The minimum atomic E-state index is -5.08. The number of hydrogen-bond donors (Lipinski definition) is 1. The van der Waals surface area contributed by atoms with Crippen molar-refractivity contribution in [1.82, 2.24) is 4.90 Å². The molecule has 0 radical (unpaired) electrons. The number of carbonyl (C=O) groups is 2. The fraction of sp³-hybridized carbons (Fsp3) is 0.400. The first kappa shape index (κ1) is 20.9. The molecule has 1 spiro atoms. The predicted molar refractivity (Wildman–Crippen MR) is 98.4 cm³/mol. The number of carbonyl (C=O) groups excluding carboxylic acids is 1. The van der Waals surface area contributed by atoms with Gasteiger partial charge in [0.2, 0.25) is 5.91 Å². The van der Waals surface area contributed by atoms with Crippen molar-refractivity contribution in [2.45, 2.75) is 31.0 Å². The van der Waals surface area contributed by atoms with E-state index in [1.165, 1.54) is 11.1 Å². The average Bonchev–Trinajstić information content (AvgIpc) is 3.26. The van der Waals surface area contributed by atoms with Crippen molar-refractivity contribution in [3.63, 3.8) is 0 Å². The van der Waals surface area contributed by atoms with Gasteiger partial charge in [0.05, 0.1) is 17.9 Å². The molecule has 29 heavy (non-hydrogen) atoms. The van der Waals surface area contributed by atoms with Crippen LogP contribution in [0, 0.1) is 0 Å². The van der Waals surface area contributed by atoms with E-state index in [1.54, 1.807) is 12.5 Å². The van der Waals surface area contributed by atoms with E-state index in [4.69, 9.17) is 14.3 Å². The molecule has 9 heteroatoms. The summed E-state index contributed by atoms with van der Waals surface area (Å²) in [6, 6.07) is 10.2. The van der Waals surface area contributed by atoms with Crippen molar-refractivity contribution in [2.75, 3.05) is 25.0 Å². The molecule has 1 amide bonds. The number of likely N-dealkylation sites (tertiary alicyclic amines) is 1. The number of amides is 1. The second kappa shape index (κ2) is 7.90. The first-order chi connectivity index (χ1) is 13.6. The van der Waals surface area contributed by atoms with Gasteiger partial charge in [-0.15, -0.1) is 0 Å². The Morgan fingerprint density at radius 1 is 1.21 bits per heavy atom. The third kappa shape index (κ3) is 4.14. The van der Waals surface area contributed by atoms with E-state index >= 15 is 0 Å². The molecule has 4 rings (SSSR count). The first-order valence-electron chi connectivity index (χ1n) is 9.06. The van der Waals surface area contributed by atoms with Gasteiger partial charge in [-0.05, 0) is 43.6 Å². The molecule has 0 bridgehead atoms. The molecular formula is C20H21F3N2O4. The Morgan fingerprint density at radius 3 is 2.38 bits per heavy atom. The monoisotopic (exact) mass is 410 g/mol. The third-order valence-corrected chi connectivity index (χ3v) is 5.43. The molecular weight excluding hydrogens is 389 g/mol. The van der Waals surface area contributed by atoms with Gasteiger partial charge in [-0.1, -0.05) is 18.2 Å². The molecule has 0 unspecified atom stereocenters. The first-order valence-corrected chi connectivity index (χ1v) is 9.06. The predicted octanol–water partition coefficient (Wildman–Crippen LogP) is 3.42. The molecule has 2 aliphatic rings. The topological polar surface area (TPSA) is 74.0 Å². The van der Waals surface area contributed by atoms with Crippen LogP contribution in [0.4, 0.5) is 18.9 Å². The van der Waals surface area contributed by atoms with Crippen LogP contribution in [0.1, 0.15) is 24.0 Å². The van der Waals surface area contributed by atoms with Crippen LogP contribution in [0.2, 0.25) is 0 Å². The summed E-state index contributed by atoms with van der Waals surface area (Å²) in [7, 11) is 1.90. The van der Waals surface area contributed by atoms with E-state index in [1.807, 2.05) is 30.1 Å². The van der Waals surface area contributed by atoms with Gasteiger partial charge in [0, 0.05) is 24.8 Å². The summed E-state index contributed by atoms with van der Waals surface area (Å²) >= 11 is 0. The zero-order chi connectivity index (χ0) is 21.2. The van der Waals surface area contributed by atoms with Crippen LogP contribution in [-0.2, 0) is 21.5 Å². The summed E-state index contributed by atoms with van der Waals surface area (Å²) in [6.45, 7) is 2.79. The molecule has 1 fully saturated rings. The molecule has 6 nitrogen and oxygen atoms in total. The quantitative estimate of drug-likeness (QED) is 0.821. The fourth-order valence-electron chi connectivity index (χ4n) is 3.93. The smallest absolute Gasteiger partial charge is 0.475 e. The van der Waals surface area contributed by atoms with Crippen LogP contribution in [0.5, 0.6) is 0 Å². The van der Waals surface area contributed by atoms with Gasteiger partial charge >= 0.3 is 12.1 Å². The Labute approximate surface area is 165 Å². The zero-order valence-corrected chi connectivity index (χ0v) is 15.8. The van der Waals surface area contributed by atoms with E-state index < -0.39 is 12.1 Å². The molecule has 2 aliphatic heterocycles. The molecule has 0 aliphatic carbocycles. The summed E-state index contributed by atoms with van der Waals surface area (Å²) in [5, 5.41) is 7.12. The molecule has 3 heterocycles. The Kier molecular flexibility index (Phi) is 5.70.